The summed E-state index contributed by atoms with van der Waals surface area (Å²) in [6.07, 6.45) is -3.42. The highest BCUT2D eigenvalue weighted by Crippen LogP contribution is 2.32. The molecule has 148 valence electrons. The standard InChI is InChI=1S/C14H15F3N4O3S3/c1-21(27(2,23)24)7-11(22)18-12-19-20-13(26-12)25-8-9-4-3-5-10(6-9)14(15,16)17/h3-6H,7-8H2,1-2H3,(H,18,19,22). The minimum Gasteiger partial charge on any atom is -0.299 e. The molecule has 1 N–H and O–H groups in total. The zero-order valence-electron chi connectivity index (χ0n) is 14.1. The van der Waals surface area contributed by atoms with Gasteiger partial charge < -0.3 is 0 Å². The fourth-order valence-electron chi connectivity index (χ4n) is 1.78. The third-order valence-corrected chi connectivity index (χ3v) is 6.51. The lowest BCUT2D eigenvalue weighted by atomic mass is 10.1. The van der Waals surface area contributed by atoms with Crippen LogP contribution in [0.15, 0.2) is 28.6 Å². The molecule has 1 aromatic heterocycles. The molecule has 0 atom stereocenters. The maximum absolute atomic E-state index is 12.7. The van der Waals surface area contributed by atoms with Crippen molar-refractivity contribution in [2.75, 3.05) is 25.2 Å². The Hall–Kier alpha value is -1.70. The number of hydrogen-bond donors (Lipinski definition) is 1. The topological polar surface area (TPSA) is 92.3 Å². The third-order valence-electron chi connectivity index (χ3n) is 3.20. The second-order valence-corrected chi connectivity index (χ2v) is 9.72. The van der Waals surface area contributed by atoms with E-state index in [-0.39, 0.29) is 17.4 Å². The van der Waals surface area contributed by atoms with E-state index in [2.05, 4.69) is 15.5 Å². The van der Waals surface area contributed by atoms with E-state index in [0.29, 0.717) is 9.90 Å². The van der Waals surface area contributed by atoms with E-state index in [1.54, 1.807) is 6.07 Å². The number of benzene rings is 1. The molecule has 0 aliphatic rings. The number of carbonyl (C=O) groups is 1. The van der Waals surface area contributed by atoms with E-state index >= 15 is 0 Å². The molecule has 0 aliphatic heterocycles. The van der Waals surface area contributed by atoms with Crippen molar-refractivity contribution in [1.82, 2.24) is 14.5 Å². The summed E-state index contributed by atoms with van der Waals surface area (Å²) < 4.78 is 62.0. The van der Waals surface area contributed by atoms with Crippen molar-refractivity contribution in [3.8, 4) is 0 Å². The first-order valence-corrected chi connectivity index (χ1v) is 10.9. The highest BCUT2D eigenvalue weighted by atomic mass is 32.2. The Balaban J connectivity index is 1.92. The van der Waals surface area contributed by atoms with Crippen LogP contribution in [-0.4, -0.2) is 48.7 Å². The highest BCUT2D eigenvalue weighted by Gasteiger charge is 2.30. The van der Waals surface area contributed by atoms with E-state index < -0.39 is 27.7 Å². The molecule has 0 aliphatic carbocycles. The fourth-order valence-corrected chi connectivity index (χ4v) is 3.84. The van der Waals surface area contributed by atoms with Gasteiger partial charge in [0, 0.05) is 12.8 Å². The van der Waals surface area contributed by atoms with Crippen LogP contribution in [0.5, 0.6) is 0 Å². The van der Waals surface area contributed by atoms with E-state index in [9.17, 15) is 26.4 Å². The Morgan fingerprint density at radius 1 is 1.33 bits per heavy atom. The van der Waals surface area contributed by atoms with Crippen molar-refractivity contribution >= 4 is 44.2 Å². The minimum absolute atomic E-state index is 0.174. The zero-order valence-corrected chi connectivity index (χ0v) is 16.6. The summed E-state index contributed by atoms with van der Waals surface area (Å²) in [4.78, 5) is 11.8. The zero-order chi connectivity index (χ0) is 20.2. The maximum Gasteiger partial charge on any atom is 0.416 e. The first kappa shape index (κ1) is 21.6. The average molecular weight is 440 g/mol. The van der Waals surface area contributed by atoms with Crippen LogP contribution < -0.4 is 5.32 Å². The summed E-state index contributed by atoms with van der Waals surface area (Å²) in [5.74, 6) is -0.322. The molecule has 0 spiro atoms. The SMILES string of the molecule is CN(CC(=O)Nc1nnc(SCc2cccc(C(F)(F)F)c2)s1)S(C)(=O)=O. The molecule has 0 fully saturated rings. The number of nitrogens with zero attached hydrogens (tertiary/aromatic N) is 3. The number of anilines is 1. The Labute approximate surface area is 162 Å². The van der Waals surface area contributed by atoms with Crippen LogP contribution in [-0.2, 0) is 26.7 Å². The maximum atomic E-state index is 12.7. The van der Waals surface area contributed by atoms with Crippen molar-refractivity contribution < 1.29 is 26.4 Å². The molecule has 27 heavy (non-hydrogen) atoms. The van der Waals surface area contributed by atoms with E-state index in [0.717, 1.165) is 34.0 Å². The predicted molar refractivity (Wildman–Crippen MR) is 97.0 cm³/mol. The van der Waals surface area contributed by atoms with E-state index in [1.807, 2.05) is 0 Å². The van der Waals surface area contributed by atoms with Gasteiger partial charge in [-0.3, -0.25) is 10.1 Å². The molecule has 7 nitrogen and oxygen atoms in total. The first-order valence-electron chi connectivity index (χ1n) is 7.29. The van der Waals surface area contributed by atoms with Gasteiger partial charge in [-0.2, -0.15) is 17.5 Å². The van der Waals surface area contributed by atoms with Gasteiger partial charge in [0.2, 0.25) is 21.1 Å². The number of aromatic nitrogens is 2. The van der Waals surface area contributed by atoms with Gasteiger partial charge in [-0.1, -0.05) is 41.3 Å². The van der Waals surface area contributed by atoms with Crippen molar-refractivity contribution in [2.45, 2.75) is 16.3 Å². The normalized spacial score (nSPS) is 12.4. The van der Waals surface area contributed by atoms with Crippen LogP contribution >= 0.6 is 23.1 Å². The van der Waals surface area contributed by atoms with Gasteiger partial charge >= 0.3 is 6.18 Å². The number of likely N-dealkylation sites (N-methyl/N-ethyl adjacent to an activating group) is 1. The van der Waals surface area contributed by atoms with Gasteiger partial charge in [0.25, 0.3) is 0 Å². The predicted octanol–water partition coefficient (Wildman–Crippen LogP) is 2.68. The Bertz CT molecular complexity index is 916. The second kappa shape index (κ2) is 8.54. The van der Waals surface area contributed by atoms with Gasteiger partial charge in [-0.05, 0) is 11.6 Å². The summed E-state index contributed by atoms with van der Waals surface area (Å²) in [6.45, 7) is -0.370. The van der Waals surface area contributed by atoms with Crippen LogP contribution in [0.25, 0.3) is 0 Å². The summed E-state index contributed by atoms with van der Waals surface area (Å²) in [6, 6.07) is 4.98. The number of hydrogen-bond acceptors (Lipinski definition) is 7. The van der Waals surface area contributed by atoms with Crippen molar-refractivity contribution in [3.63, 3.8) is 0 Å². The molecule has 0 saturated carbocycles. The quantitative estimate of drug-likeness (QED) is 0.526. The Morgan fingerprint density at radius 3 is 2.67 bits per heavy atom. The average Bonchev–Trinajstić information content (AvgIpc) is 2.98. The van der Waals surface area contributed by atoms with Crippen LogP contribution in [0.3, 0.4) is 0 Å². The molecule has 2 rings (SSSR count). The van der Waals surface area contributed by atoms with Crippen molar-refractivity contribution in [1.29, 1.82) is 0 Å². The molecule has 1 heterocycles. The number of carbonyl (C=O) groups excluding carboxylic acids is 1. The lowest BCUT2D eigenvalue weighted by molar-refractivity contribution is -0.137. The number of amides is 1. The Morgan fingerprint density at radius 2 is 2.04 bits per heavy atom. The van der Waals surface area contributed by atoms with Gasteiger partial charge in [0.1, 0.15) is 0 Å². The van der Waals surface area contributed by atoms with Crippen LogP contribution in [0.4, 0.5) is 18.3 Å². The molecule has 0 unspecified atom stereocenters. The van der Waals surface area contributed by atoms with Crippen LogP contribution in [0.2, 0.25) is 0 Å². The van der Waals surface area contributed by atoms with Gasteiger partial charge in [0.05, 0.1) is 18.4 Å². The number of halogens is 3. The lowest BCUT2D eigenvalue weighted by Gasteiger charge is -2.12. The molecule has 13 heteroatoms. The number of rotatable bonds is 7. The number of sulfonamides is 1. The molecule has 1 amide bonds. The molecule has 0 radical (unpaired) electrons. The number of nitrogens with one attached hydrogen (secondary N) is 1. The first-order chi connectivity index (χ1) is 12.4. The minimum atomic E-state index is -4.40. The van der Waals surface area contributed by atoms with Crippen LogP contribution in [0, 0.1) is 0 Å². The van der Waals surface area contributed by atoms with Gasteiger partial charge in [-0.15, -0.1) is 10.2 Å². The molecule has 1 aromatic carbocycles. The smallest absolute Gasteiger partial charge is 0.299 e. The summed E-state index contributed by atoms with van der Waals surface area (Å²) in [5, 5.41) is 10.2. The van der Waals surface area contributed by atoms with Crippen LogP contribution in [0.1, 0.15) is 11.1 Å². The monoisotopic (exact) mass is 440 g/mol. The van der Waals surface area contributed by atoms with Crippen molar-refractivity contribution in [2.24, 2.45) is 0 Å². The van der Waals surface area contributed by atoms with Crippen molar-refractivity contribution in [3.05, 3.63) is 35.4 Å². The molecule has 0 saturated heterocycles. The molecular formula is C14H15F3N4O3S3. The molecule has 0 bridgehead atoms. The van der Waals surface area contributed by atoms with E-state index in [4.69, 9.17) is 0 Å². The molecular weight excluding hydrogens is 425 g/mol. The lowest BCUT2D eigenvalue weighted by Crippen LogP contribution is -2.34. The summed E-state index contributed by atoms with van der Waals surface area (Å²) in [7, 11) is -2.21. The number of alkyl halides is 3. The highest BCUT2D eigenvalue weighted by molar-refractivity contribution is 8.00. The van der Waals surface area contributed by atoms with Gasteiger partial charge in [0.15, 0.2) is 4.34 Å². The fraction of sp³-hybridized carbons (Fsp3) is 0.357. The molecule has 2 aromatic rings. The number of thioether (sulfide) groups is 1. The Kier molecular flexibility index (Phi) is 6.83. The third kappa shape index (κ3) is 6.75. The summed E-state index contributed by atoms with van der Waals surface area (Å²) >= 11 is 2.22. The van der Waals surface area contributed by atoms with Gasteiger partial charge in [-0.25, -0.2) is 8.42 Å². The second-order valence-electron chi connectivity index (χ2n) is 5.43. The summed E-state index contributed by atoms with van der Waals surface area (Å²) in [5.41, 5.74) is -0.244. The van der Waals surface area contributed by atoms with E-state index in [1.165, 1.54) is 24.9 Å². The largest absolute Gasteiger partial charge is 0.416 e.